The van der Waals surface area contributed by atoms with Crippen LogP contribution in [-0.2, 0) is 5.75 Å². The zero-order valence-corrected chi connectivity index (χ0v) is 16.8. The first-order chi connectivity index (χ1) is 14.4. The fourth-order valence-corrected chi connectivity index (χ4v) is 4.88. The molecule has 1 aliphatic rings. The maximum atomic E-state index is 5.08. The van der Waals surface area contributed by atoms with Gasteiger partial charge in [0, 0.05) is 5.75 Å². The quantitative estimate of drug-likeness (QED) is 0.426. The fraction of sp³-hybridized carbons (Fsp3) is 0.115. The summed E-state index contributed by atoms with van der Waals surface area (Å²) in [6.07, 6.45) is 0. The van der Waals surface area contributed by atoms with Crippen molar-refractivity contribution in [2.45, 2.75) is 17.8 Å². The number of benzene rings is 4. The van der Waals surface area contributed by atoms with Gasteiger partial charge in [0.1, 0.15) is 6.04 Å². The highest BCUT2D eigenvalue weighted by Gasteiger charge is 2.31. The van der Waals surface area contributed by atoms with Gasteiger partial charge >= 0.3 is 0 Å². The van der Waals surface area contributed by atoms with Crippen LogP contribution in [0.1, 0.15) is 28.8 Å². The molecule has 0 saturated heterocycles. The molecule has 0 spiro atoms. The standard InChI is InChI=1S/C26H22N2S/c1-3-11-20(12-4-1)24-25(21-13-5-2-6-14-21)28-26(27-24)29-18-22-16-9-15-19-10-7-8-17-23(19)22/h1-17,24-25H,18H2,(H,27,28)/t24-,25+. The molecule has 0 aromatic heterocycles. The molecule has 2 nitrogen and oxygen atoms in total. The molecule has 2 atom stereocenters. The number of hydrogen-bond donors (Lipinski definition) is 1. The molecule has 142 valence electrons. The van der Waals surface area contributed by atoms with E-state index in [1.807, 2.05) is 0 Å². The zero-order valence-electron chi connectivity index (χ0n) is 16.0. The molecule has 4 aromatic rings. The maximum absolute atomic E-state index is 5.08. The Morgan fingerprint density at radius 2 is 1.34 bits per heavy atom. The van der Waals surface area contributed by atoms with Crippen molar-refractivity contribution in [2.75, 3.05) is 0 Å². The Hall–Kier alpha value is -3.04. The molecule has 3 heteroatoms. The number of nitrogens with one attached hydrogen (secondary N) is 1. The molecule has 1 N–H and O–H groups in total. The van der Waals surface area contributed by atoms with Gasteiger partial charge in [-0.3, -0.25) is 4.99 Å². The maximum Gasteiger partial charge on any atom is 0.158 e. The van der Waals surface area contributed by atoms with Crippen LogP contribution in [0, 0.1) is 0 Å². The lowest BCUT2D eigenvalue weighted by molar-refractivity contribution is 0.573. The van der Waals surface area contributed by atoms with Gasteiger partial charge in [-0.25, -0.2) is 0 Å². The fourth-order valence-electron chi connectivity index (χ4n) is 3.94. The summed E-state index contributed by atoms with van der Waals surface area (Å²) >= 11 is 1.79. The lowest BCUT2D eigenvalue weighted by Gasteiger charge is -2.19. The average molecular weight is 395 g/mol. The number of thioether (sulfide) groups is 1. The van der Waals surface area contributed by atoms with E-state index in [1.54, 1.807) is 11.8 Å². The molecule has 0 aliphatic carbocycles. The number of amidine groups is 1. The van der Waals surface area contributed by atoms with Gasteiger partial charge in [-0.1, -0.05) is 115 Å². The number of aliphatic imine (C=N–C) groups is 1. The van der Waals surface area contributed by atoms with Crippen LogP contribution >= 0.6 is 11.8 Å². The third kappa shape index (κ3) is 3.79. The lowest BCUT2D eigenvalue weighted by atomic mass is 9.95. The minimum Gasteiger partial charge on any atom is -0.356 e. The summed E-state index contributed by atoms with van der Waals surface area (Å²) < 4.78 is 0. The Labute approximate surface area is 175 Å². The first-order valence-electron chi connectivity index (χ1n) is 9.92. The number of rotatable bonds is 4. The van der Waals surface area contributed by atoms with Crippen molar-refractivity contribution in [1.82, 2.24) is 5.32 Å². The van der Waals surface area contributed by atoms with E-state index in [9.17, 15) is 0 Å². The molecule has 0 unspecified atom stereocenters. The van der Waals surface area contributed by atoms with Crippen LogP contribution in [0.15, 0.2) is 108 Å². The minimum absolute atomic E-state index is 0.0913. The summed E-state index contributed by atoms with van der Waals surface area (Å²) in [5.74, 6) is 0.899. The molecule has 1 aliphatic heterocycles. The van der Waals surface area contributed by atoms with Gasteiger partial charge in [0.05, 0.1) is 6.04 Å². The summed E-state index contributed by atoms with van der Waals surface area (Å²) in [5.41, 5.74) is 3.86. The second-order valence-corrected chi connectivity index (χ2v) is 8.21. The molecular weight excluding hydrogens is 372 g/mol. The Balaban J connectivity index is 1.41. The predicted molar refractivity (Wildman–Crippen MR) is 124 cm³/mol. The second-order valence-electron chi connectivity index (χ2n) is 7.25. The average Bonchev–Trinajstić information content (AvgIpc) is 3.23. The van der Waals surface area contributed by atoms with Crippen LogP contribution < -0.4 is 5.32 Å². The van der Waals surface area contributed by atoms with Crippen LogP contribution in [0.2, 0.25) is 0 Å². The third-order valence-electron chi connectivity index (χ3n) is 5.40. The molecule has 5 rings (SSSR count). The topological polar surface area (TPSA) is 24.4 Å². The lowest BCUT2D eigenvalue weighted by Crippen LogP contribution is -2.22. The predicted octanol–water partition coefficient (Wildman–Crippen LogP) is 6.51. The van der Waals surface area contributed by atoms with Crippen molar-refractivity contribution in [3.05, 3.63) is 120 Å². The number of nitrogens with zero attached hydrogens (tertiary/aromatic N) is 1. The Morgan fingerprint density at radius 3 is 2.14 bits per heavy atom. The summed E-state index contributed by atoms with van der Waals surface area (Å²) in [6, 6.07) is 36.6. The van der Waals surface area contributed by atoms with E-state index in [0.29, 0.717) is 0 Å². The molecule has 29 heavy (non-hydrogen) atoms. The minimum atomic E-state index is 0.0913. The van der Waals surface area contributed by atoms with E-state index in [4.69, 9.17) is 4.99 Å². The second kappa shape index (κ2) is 8.14. The van der Waals surface area contributed by atoms with Crippen molar-refractivity contribution in [1.29, 1.82) is 0 Å². The smallest absolute Gasteiger partial charge is 0.158 e. The zero-order chi connectivity index (χ0) is 19.5. The van der Waals surface area contributed by atoms with E-state index in [-0.39, 0.29) is 12.1 Å². The van der Waals surface area contributed by atoms with Crippen molar-refractivity contribution >= 4 is 27.7 Å². The van der Waals surface area contributed by atoms with Crippen molar-refractivity contribution in [2.24, 2.45) is 4.99 Å². The highest BCUT2D eigenvalue weighted by atomic mass is 32.2. The van der Waals surface area contributed by atoms with Gasteiger partial charge in [0.2, 0.25) is 0 Å². The molecule has 0 amide bonds. The van der Waals surface area contributed by atoms with Crippen molar-refractivity contribution in [3.8, 4) is 0 Å². The van der Waals surface area contributed by atoms with E-state index < -0.39 is 0 Å². The van der Waals surface area contributed by atoms with E-state index in [2.05, 4.69) is 108 Å². The largest absolute Gasteiger partial charge is 0.356 e. The first kappa shape index (κ1) is 18.0. The van der Waals surface area contributed by atoms with Crippen LogP contribution in [0.25, 0.3) is 10.8 Å². The number of fused-ring (bicyclic) bond motifs is 1. The van der Waals surface area contributed by atoms with Crippen LogP contribution in [0.5, 0.6) is 0 Å². The molecule has 0 bridgehead atoms. The van der Waals surface area contributed by atoms with E-state index in [0.717, 1.165) is 10.9 Å². The molecule has 4 aromatic carbocycles. The van der Waals surface area contributed by atoms with E-state index in [1.165, 1.54) is 27.5 Å². The highest BCUT2D eigenvalue weighted by molar-refractivity contribution is 8.13. The van der Waals surface area contributed by atoms with Gasteiger partial charge in [-0.15, -0.1) is 0 Å². The Bertz CT molecular complexity index is 1130. The summed E-state index contributed by atoms with van der Waals surface area (Å²) in [6.45, 7) is 0. The van der Waals surface area contributed by atoms with Gasteiger partial charge in [0.25, 0.3) is 0 Å². The SMILES string of the molecule is c1ccc([C@H]2NC(SCc3cccc4ccccc34)=N[C@H]2c2ccccc2)cc1. The summed E-state index contributed by atoms with van der Waals surface area (Å²) in [4.78, 5) is 5.08. The van der Waals surface area contributed by atoms with Gasteiger partial charge in [0.15, 0.2) is 5.17 Å². The van der Waals surface area contributed by atoms with Gasteiger partial charge < -0.3 is 5.32 Å². The Kier molecular flexibility index (Phi) is 5.06. The molecule has 0 saturated carbocycles. The summed E-state index contributed by atoms with van der Waals surface area (Å²) in [5, 5.41) is 7.31. The van der Waals surface area contributed by atoms with Crippen LogP contribution in [0.3, 0.4) is 0 Å². The highest BCUT2D eigenvalue weighted by Crippen LogP contribution is 2.38. The van der Waals surface area contributed by atoms with E-state index >= 15 is 0 Å². The number of hydrogen-bond acceptors (Lipinski definition) is 3. The normalized spacial score (nSPS) is 18.4. The van der Waals surface area contributed by atoms with Crippen LogP contribution in [-0.4, -0.2) is 5.17 Å². The van der Waals surface area contributed by atoms with Crippen molar-refractivity contribution in [3.63, 3.8) is 0 Å². The first-order valence-corrected chi connectivity index (χ1v) is 10.9. The molecule has 0 fully saturated rings. The summed E-state index contributed by atoms with van der Waals surface area (Å²) in [7, 11) is 0. The van der Waals surface area contributed by atoms with Gasteiger partial charge in [-0.2, -0.15) is 0 Å². The third-order valence-corrected chi connectivity index (χ3v) is 6.35. The van der Waals surface area contributed by atoms with Crippen LogP contribution in [0.4, 0.5) is 0 Å². The molecule has 1 heterocycles. The monoisotopic (exact) mass is 394 g/mol. The Morgan fingerprint density at radius 1 is 0.690 bits per heavy atom. The molecular formula is C26H22N2S. The van der Waals surface area contributed by atoms with Gasteiger partial charge in [-0.05, 0) is 27.5 Å². The molecule has 0 radical (unpaired) electrons. The van der Waals surface area contributed by atoms with Crippen molar-refractivity contribution < 1.29 is 0 Å².